The van der Waals surface area contributed by atoms with Crippen LogP contribution in [0.5, 0.6) is 0 Å². The summed E-state index contributed by atoms with van der Waals surface area (Å²) in [7, 11) is 0. The van der Waals surface area contributed by atoms with Crippen LogP contribution in [0.3, 0.4) is 0 Å². The van der Waals surface area contributed by atoms with Gasteiger partial charge in [-0.2, -0.15) is 0 Å². The van der Waals surface area contributed by atoms with E-state index in [1.54, 1.807) is 11.3 Å². The van der Waals surface area contributed by atoms with Crippen LogP contribution in [0.2, 0.25) is 0 Å². The normalized spacial score (nSPS) is 12.5. The van der Waals surface area contributed by atoms with Crippen LogP contribution < -0.4 is 5.32 Å². The number of nitrogens with zero attached hydrogens (tertiary/aromatic N) is 1. The Labute approximate surface area is 129 Å². The van der Waals surface area contributed by atoms with Gasteiger partial charge in [0.15, 0.2) is 0 Å². The van der Waals surface area contributed by atoms with E-state index < -0.39 is 0 Å². The van der Waals surface area contributed by atoms with Gasteiger partial charge >= 0.3 is 0 Å². The number of aryl methyl sites for hydroxylation is 1. The number of nitrogens with one attached hydrogen (secondary N) is 1. The summed E-state index contributed by atoms with van der Waals surface area (Å²) in [6.45, 7) is 2.02. The molecule has 0 fully saturated rings. The first-order chi connectivity index (χ1) is 10.2. The summed E-state index contributed by atoms with van der Waals surface area (Å²) in [5.74, 6) is 0.0697. The summed E-state index contributed by atoms with van der Waals surface area (Å²) in [4.78, 5) is 16.3. The van der Waals surface area contributed by atoms with E-state index >= 15 is 0 Å². The summed E-state index contributed by atoms with van der Waals surface area (Å²) in [6, 6.07) is 8.20. The summed E-state index contributed by atoms with van der Waals surface area (Å²) < 4.78 is 1.23. The average molecular weight is 306 g/mol. The van der Waals surface area contributed by atoms with E-state index in [0.717, 1.165) is 29.8 Å². The van der Waals surface area contributed by atoms with Crippen molar-refractivity contribution in [2.75, 3.05) is 6.61 Å². The number of benzene rings is 1. The Morgan fingerprint density at radius 2 is 2.19 bits per heavy atom. The lowest BCUT2D eigenvalue weighted by Crippen LogP contribution is -2.32. The number of aliphatic hydroxyl groups is 1. The molecule has 1 atom stereocenters. The first-order valence-electron chi connectivity index (χ1n) is 7.43. The van der Waals surface area contributed by atoms with Crippen molar-refractivity contribution in [2.24, 2.45) is 0 Å². The minimum absolute atomic E-state index is 0.0479. The maximum absolute atomic E-state index is 11.7. The number of unbranched alkanes of at least 4 members (excludes halogenated alkanes) is 1. The van der Waals surface area contributed by atoms with Crippen LogP contribution in [0.1, 0.15) is 37.6 Å². The number of aromatic nitrogens is 1. The van der Waals surface area contributed by atoms with Gasteiger partial charge in [-0.3, -0.25) is 4.79 Å². The second-order valence-corrected chi connectivity index (χ2v) is 6.38. The number of amides is 1. The number of aliphatic hydroxyl groups excluding tert-OH is 1. The van der Waals surface area contributed by atoms with Crippen molar-refractivity contribution in [1.29, 1.82) is 0 Å². The summed E-state index contributed by atoms with van der Waals surface area (Å²) in [5, 5.41) is 12.8. The van der Waals surface area contributed by atoms with Crippen LogP contribution in [0.4, 0.5) is 0 Å². The van der Waals surface area contributed by atoms with E-state index in [0.29, 0.717) is 12.8 Å². The summed E-state index contributed by atoms with van der Waals surface area (Å²) >= 11 is 1.73. The lowest BCUT2D eigenvalue weighted by atomic mass is 10.1. The van der Waals surface area contributed by atoms with Crippen LogP contribution in [-0.4, -0.2) is 28.6 Å². The first kappa shape index (κ1) is 15.9. The van der Waals surface area contributed by atoms with Crippen LogP contribution >= 0.6 is 11.3 Å². The fourth-order valence-corrected chi connectivity index (χ4v) is 3.21. The fraction of sp³-hybridized carbons (Fsp3) is 0.500. The van der Waals surface area contributed by atoms with Crippen LogP contribution in [-0.2, 0) is 11.2 Å². The zero-order valence-electron chi connectivity index (χ0n) is 12.3. The Bertz CT molecular complexity index is 549. The number of para-hydroxylation sites is 1. The fourth-order valence-electron chi connectivity index (χ4n) is 2.20. The molecule has 2 N–H and O–H groups in total. The first-order valence-corrected chi connectivity index (χ1v) is 8.25. The SMILES string of the molecule is CC(CCO)NC(=O)CCCCc1nc2ccccc2s1. The second-order valence-electron chi connectivity index (χ2n) is 5.26. The van der Waals surface area contributed by atoms with Crippen molar-refractivity contribution >= 4 is 27.5 Å². The zero-order chi connectivity index (χ0) is 15.1. The number of hydrogen-bond acceptors (Lipinski definition) is 4. The summed E-state index contributed by atoms with van der Waals surface area (Å²) in [6.07, 6.45) is 3.92. The zero-order valence-corrected chi connectivity index (χ0v) is 13.2. The molecule has 1 aromatic carbocycles. The molecular weight excluding hydrogens is 284 g/mol. The molecule has 1 amide bonds. The number of rotatable bonds is 8. The smallest absolute Gasteiger partial charge is 0.220 e. The lowest BCUT2D eigenvalue weighted by molar-refractivity contribution is -0.121. The third-order valence-electron chi connectivity index (χ3n) is 3.35. The van der Waals surface area contributed by atoms with Crippen LogP contribution in [0, 0.1) is 0 Å². The number of fused-ring (bicyclic) bond motifs is 1. The second kappa shape index (κ2) is 8.10. The van der Waals surface area contributed by atoms with Gasteiger partial charge < -0.3 is 10.4 Å². The maximum Gasteiger partial charge on any atom is 0.220 e. The molecule has 1 aromatic heterocycles. The number of hydrogen-bond donors (Lipinski definition) is 2. The Kier molecular flexibility index (Phi) is 6.14. The maximum atomic E-state index is 11.7. The Hall–Kier alpha value is -1.46. The number of carbonyl (C=O) groups is 1. The van der Waals surface area contributed by atoms with Crippen molar-refractivity contribution < 1.29 is 9.90 Å². The standard InChI is InChI=1S/C16H22N2O2S/c1-12(10-11-19)17-15(20)8-4-5-9-16-18-13-6-2-3-7-14(13)21-16/h2-3,6-7,12,19H,4-5,8-11H2,1H3,(H,17,20). The predicted octanol–water partition coefficient (Wildman–Crippen LogP) is 2.90. The molecule has 0 aliphatic carbocycles. The highest BCUT2D eigenvalue weighted by Gasteiger charge is 2.07. The summed E-state index contributed by atoms with van der Waals surface area (Å²) in [5.41, 5.74) is 1.06. The highest BCUT2D eigenvalue weighted by Crippen LogP contribution is 2.22. The lowest BCUT2D eigenvalue weighted by Gasteiger charge is -2.11. The Balaban J connectivity index is 1.68. The minimum Gasteiger partial charge on any atom is -0.396 e. The van der Waals surface area contributed by atoms with Crippen molar-refractivity contribution in [2.45, 2.75) is 45.1 Å². The van der Waals surface area contributed by atoms with E-state index in [2.05, 4.69) is 16.4 Å². The molecule has 0 spiro atoms. The molecule has 2 rings (SSSR count). The van der Waals surface area contributed by atoms with Crippen molar-refractivity contribution in [3.63, 3.8) is 0 Å². The van der Waals surface area contributed by atoms with Gasteiger partial charge in [0, 0.05) is 19.1 Å². The van der Waals surface area contributed by atoms with Crippen LogP contribution in [0.25, 0.3) is 10.2 Å². The molecule has 0 radical (unpaired) electrons. The molecule has 1 heterocycles. The molecule has 21 heavy (non-hydrogen) atoms. The number of thiazole rings is 1. The molecule has 0 aliphatic rings. The van der Waals surface area contributed by atoms with Gasteiger partial charge in [0.2, 0.25) is 5.91 Å². The molecule has 0 aliphatic heterocycles. The topological polar surface area (TPSA) is 62.2 Å². The van der Waals surface area contributed by atoms with E-state index in [1.165, 1.54) is 4.70 Å². The van der Waals surface area contributed by atoms with E-state index in [1.807, 2.05) is 25.1 Å². The van der Waals surface area contributed by atoms with Gasteiger partial charge in [0.1, 0.15) is 0 Å². The van der Waals surface area contributed by atoms with Crippen molar-refractivity contribution in [3.05, 3.63) is 29.3 Å². The van der Waals surface area contributed by atoms with Gasteiger partial charge in [-0.1, -0.05) is 12.1 Å². The van der Waals surface area contributed by atoms with Crippen molar-refractivity contribution in [1.82, 2.24) is 10.3 Å². The average Bonchev–Trinajstić information content (AvgIpc) is 2.86. The van der Waals surface area contributed by atoms with Crippen LogP contribution in [0.15, 0.2) is 24.3 Å². The number of carbonyl (C=O) groups excluding carboxylic acids is 1. The molecule has 1 unspecified atom stereocenters. The Morgan fingerprint density at radius 1 is 1.38 bits per heavy atom. The van der Waals surface area contributed by atoms with Gasteiger partial charge in [-0.25, -0.2) is 4.98 Å². The molecule has 0 bridgehead atoms. The molecule has 114 valence electrons. The molecule has 2 aromatic rings. The minimum atomic E-state index is 0.0479. The predicted molar refractivity (Wildman–Crippen MR) is 86.5 cm³/mol. The van der Waals surface area contributed by atoms with Gasteiger partial charge in [-0.05, 0) is 44.7 Å². The van der Waals surface area contributed by atoms with Gasteiger partial charge in [0.25, 0.3) is 0 Å². The molecular formula is C16H22N2O2S. The molecule has 4 nitrogen and oxygen atoms in total. The van der Waals surface area contributed by atoms with E-state index in [9.17, 15) is 4.79 Å². The molecule has 0 saturated heterocycles. The highest BCUT2D eigenvalue weighted by atomic mass is 32.1. The van der Waals surface area contributed by atoms with E-state index in [-0.39, 0.29) is 18.6 Å². The third kappa shape index (κ3) is 5.10. The van der Waals surface area contributed by atoms with Gasteiger partial charge in [0.05, 0.1) is 15.2 Å². The highest BCUT2D eigenvalue weighted by molar-refractivity contribution is 7.18. The Morgan fingerprint density at radius 3 is 2.95 bits per heavy atom. The molecule has 0 saturated carbocycles. The van der Waals surface area contributed by atoms with Gasteiger partial charge in [-0.15, -0.1) is 11.3 Å². The van der Waals surface area contributed by atoms with Crippen molar-refractivity contribution in [3.8, 4) is 0 Å². The largest absolute Gasteiger partial charge is 0.396 e. The molecule has 5 heteroatoms. The third-order valence-corrected chi connectivity index (χ3v) is 4.45. The monoisotopic (exact) mass is 306 g/mol. The quantitative estimate of drug-likeness (QED) is 0.737. The van der Waals surface area contributed by atoms with E-state index in [4.69, 9.17) is 5.11 Å².